The maximum absolute atomic E-state index is 12.0. The molecule has 1 fully saturated rings. The van der Waals surface area contributed by atoms with Crippen LogP contribution in [0, 0.1) is 0 Å². The number of ether oxygens (including phenoxy) is 1. The number of hydrogen-bond donors (Lipinski definition) is 0. The first-order valence-corrected chi connectivity index (χ1v) is 8.54. The largest absolute Gasteiger partial charge is 0.419 e. The zero-order valence-corrected chi connectivity index (χ0v) is 14.0. The molecule has 0 radical (unpaired) electrons. The average Bonchev–Trinajstić information content (AvgIpc) is 3.23. The van der Waals surface area contributed by atoms with Crippen LogP contribution in [0.1, 0.15) is 6.42 Å². The molecule has 2 aromatic heterocycles. The monoisotopic (exact) mass is 343 g/mol. The lowest BCUT2D eigenvalue weighted by molar-refractivity contribution is -0.0379. The summed E-state index contributed by atoms with van der Waals surface area (Å²) in [6.07, 6.45) is 4.25. The molecule has 1 aliphatic heterocycles. The summed E-state index contributed by atoms with van der Waals surface area (Å²) >= 11 is 0. The Morgan fingerprint density at radius 2 is 2.16 bits per heavy atom. The van der Waals surface area contributed by atoms with Crippen molar-refractivity contribution in [2.24, 2.45) is 0 Å². The number of hydrogen-bond acceptors (Lipinski definition) is 6. The highest BCUT2D eigenvalue weighted by molar-refractivity contribution is 5.72. The van der Waals surface area contributed by atoms with E-state index in [0.717, 1.165) is 31.6 Å². The highest BCUT2D eigenvalue weighted by Crippen LogP contribution is 2.13. The van der Waals surface area contributed by atoms with Crippen LogP contribution in [0.15, 0.2) is 46.1 Å². The van der Waals surface area contributed by atoms with Gasteiger partial charge in [0, 0.05) is 26.2 Å². The van der Waals surface area contributed by atoms with E-state index >= 15 is 0 Å². The summed E-state index contributed by atoms with van der Waals surface area (Å²) in [7, 11) is 0. The first-order valence-electron chi connectivity index (χ1n) is 8.54. The lowest BCUT2D eigenvalue weighted by atomic mass is 10.2. The molecule has 132 valence electrons. The summed E-state index contributed by atoms with van der Waals surface area (Å²) in [6.45, 7) is 4.77. The van der Waals surface area contributed by atoms with Crippen molar-refractivity contribution >= 4 is 11.1 Å². The predicted octanol–water partition coefficient (Wildman–Crippen LogP) is 0.977. The zero-order valence-electron chi connectivity index (χ0n) is 14.0. The van der Waals surface area contributed by atoms with E-state index in [4.69, 9.17) is 9.15 Å². The normalized spacial score (nSPS) is 18.8. The van der Waals surface area contributed by atoms with Gasteiger partial charge in [0.25, 0.3) is 0 Å². The molecule has 1 saturated heterocycles. The van der Waals surface area contributed by atoms with Gasteiger partial charge >= 0.3 is 5.76 Å². The van der Waals surface area contributed by atoms with Gasteiger partial charge < -0.3 is 9.15 Å². The maximum atomic E-state index is 12.0. The lowest BCUT2D eigenvalue weighted by Gasteiger charge is -2.32. The van der Waals surface area contributed by atoms with E-state index in [0.29, 0.717) is 25.3 Å². The molecule has 0 spiro atoms. The topological polar surface area (TPSA) is 78.3 Å². The minimum Gasteiger partial charge on any atom is -0.408 e. The summed E-state index contributed by atoms with van der Waals surface area (Å²) in [5.41, 5.74) is 1.50. The van der Waals surface area contributed by atoms with Crippen LogP contribution in [0.4, 0.5) is 0 Å². The summed E-state index contributed by atoms with van der Waals surface area (Å²) in [6, 6.07) is 7.54. The van der Waals surface area contributed by atoms with Crippen LogP contribution >= 0.6 is 0 Å². The minimum atomic E-state index is -0.285. The lowest BCUT2D eigenvalue weighted by Crippen LogP contribution is -2.44. The van der Waals surface area contributed by atoms with Gasteiger partial charge in [0.2, 0.25) is 0 Å². The van der Waals surface area contributed by atoms with E-state index in [2.05, 4.69) is 15.0 Å². The molecule has 0 bridgehead atoms. The minimum absolute atomic E-state index is 0.118. The summed E-state index contributed by atoms with van der Waals surface area (Å²) < 4.78 is 14.6. The molecule has 0 saturated carbocycles. The fourth-order valence-corrected chi connectivity index (χ4v) is 3.31. The Balaban J connectivity index is 1.32. The van der Waals surface area contributed by atoms with Gasteiger partial charge in [-0.2, -0.15) is 5.10 Å². The second-order valence-corrected chi connectivity index (χ2v) is 6.25. The third-order valence-corrected chi connectivity index (χ3v) is 4.51. The molecular formula is C17H21N5O3. The van der Waals surface area contributed by atoms with Crippen molar-refractivity contribution in [2.45, 2.75) is 25.6 Å². The van der Waals surface area contributed by atoms with Crippen LogP contribution in [0.5, 0.6) is 0 Å². The molecule has 4 rings (SSSR count). The molecule has 0 aliphatic carbocycles. The maximum Gasteiger partial charge on any atom is 0.419 e. The van der Waals surface area contributed by atoms with E-state index < -0.39 is 0 Å². The first kappa shape index (κ1) is 16.0. The predicted molar refractivity (Wildman–Crippen MR) is 91.3 cm³/mol. The highest BCUT2D eigenvalue weighted by atomic mass is 16.5. The van der Waals surface area contributed by atoms with E-state index in [1.54, 1.807) is 15.6 Å². The van der Waals surface area contributed by atoms with Crippen LogP contribution in [0.3, 0.4) is 0 Å². The molecule has 1 atom stereocenters. The number of morpholine rings is 1. The second-order valence-electron chi connectivity index (χ2n) is 6.25. The van der Waals surface area contributed by atoms with E-state index in [1.807, 2.05) is 24.3 Å². The summed E-state index contributed by atoms with van der Waals surface area (Å²) in [4.78, 5) is 18.3. The molecule has 0 N–H and O–H groups in total. The van der Waals surface area contributed by atoms with Crippen molar-refractivity contribution in [3.8, 4) is 0 Å². The van der Waals surface area contributed by atoms with Crippen molar-refractivity contribution in [3.05, 3.63) is 47.5 Å². The van der Waals surface area contributed by atoms with Gasteiger partial charge in [0.05, 0.1) is 24.8 Å². The standard InChI is InChI=1S/C17H21N5O3/c23-17-22(15-4-1-2-5-16(15)25-17)7-3-6-20-8-9-24-14(10-20)11-21-13-18-12-19-21/h1-2,4-5,12-14H,3,6-11H2/t14-/m0/s1. The van der Waals surface area contributed by atoms with Crippen molar-refractivity contribution in [3.63, 3.8) is 0 Å². The van der Waals surface area contributed by atoms with Crippen LogP contribution < -0.4 is 5.76 Å². The smallest absolute Gasteiger partial charge is 0.408 e. The Morgan fingerprint density at radius 3 is 3.04 bits per heavy atom. The van der Waals surface area contributed by atoms with Crippen LogP contribution in [0.2, 0.25) is 0 Å². The van der Waals surface area contributed by atoms with Crippen molar-refractivity contribution < 1.29 is 9.15 Å². The number of benzene rings is 1. The molecule has 1 aromatic carbocycles. The summed E-state index contributed by atoms with van der Waals surface area (Å²) in [5, 5.41) is 4.13. The van der Waals surface area contributed by atoms with Gasteiger partial charge in [0.1, 0.15) is 12.7 Å². The van der Waals surface area contributed by atoms with E-state index in [1.165, 1.54) is 6.33 Å². The number of fused-ring (bicyclic) bond motifs is 1. The summed E-state index contributed by atoms with van der Waals surface area (Å²) in [5.74, 6) is -0.285. The first-order chi connectivity index (χ1) is 12.3. The number of aromatic nitrogens is 4. The molecule has 1 aliphatic rings. The Morgan fingerprint density at radius 1 is 1.24 bits per heavy atom. The van der Waals surface area contributed by atoms with Crippen LogP contribution in [-0.2, 0) is 17.8 Å². The van der Waals surface area contributed by atoms with Gasteiger partial charge in [0.15, 0.2) is 5.58 Å². The fraction of sp³-hybridized carbons (Fsp3) is 0.471. The third kappa shape index (κ3) is 3.64. The number of oxazole rings is 1. The fourth-order valence-electron chi connectivity index (χ4n) is 3.31. The SMILES string of the molecule is O=c1oc2ccccc2n1CCCN1CCO[C@H](Cn2cncn2)C1. The number of rotatable bonds is 6. The molecule has 3 aromatic rings. The third-order valence-electron chi connectivity index (χ3n) is 4.51. The molecule has 8 heteroatoms. The van der Waals surface area contributed by atoms with Crippen molar-refractivity contribution in [1.82, 2.24) is 24.2 Å². The molecule has 0 unspecified atom stereocenters. The number of nitrogens with zero attached hydrogens (tertiary/aromatic N) is 5. The molecular weight excluding hydrogens is 322 g/mol. The Hall–Kier alpha value is -2.45. The van der Waals surface area contributed by atoms with Gasteiger partial charge in [-0.3, -0.25) is 14.1 Å². The number of aryl methyl sites for hydroxylation is 1. The van der Waals surface area contributed by atoms with Crippen molar-refractivity contribution in [1.29, 1.82) is 0 Å². The molecule has 8 nitrogen and oxygen atoms in total. The highest BCUT2D eigenvalue weighted by Gasteiger charge is 2.21. The molecule has 25 heavy (non-hydrogen) atoms. The van der Waals surface area contributed by atoms with Crippen LogP contribution in [-0.4, -0.2) is 56.6 Å². The Labute approximate surface area is 144 Å². The average molecular weight is 343 g/mol. The van der Waals surface area contributed by atoms with Gasteiger partial charge in [-0.1, -0.05) is 12.1 Å². The van der Waals surface area contributed by atoms with Gasteiger partial charge in [-0.15, -0.1) is 0 Å². The second kappa shape index (κ2) is 7.20. The zero-order chi connectivity index (χ0) is 17.1. The quantitative estimate of drug-likeness (QED) is 0.664. The van der Waals surface area contributed by atoms with Crippen molar-refractivity contribution in [2.75, 3.05) is 26.2 Å². The van der Waals surface area contributed by atoms with Crippen LogP contribution in [0.25, 0.3) is 11.1 Å². The number of para-hydroxylation sites is 2. The Kier molecular flexibility index (Phi) is 4.62. The van der Waals surface area contributed by atoms with Gasteiger partial charge in [-0.05, 0) is 18.6 Å². The molecule has 0 amide bonds. The van der Waals surface area contributed by atoms with E-state index in [9.17, 15) is 4.79 Å². The molecule has 3 heterocycles. The van der Waals surface area contributed by atoms with Gasteiger partial charge in [-0.25, -0.2) is 9.78 Å². The van der Waals surface area contributed by atoms with E-state index in [-0.39, 0.29) is 11.9 Å². The Bertz CT molecular complexity index is 870.